The molecule has 1 atom stereocenters. The van der Waals surface area contributed by atoms with Crippen molar-refractivity contribution in [3.63, 3.8) is 0 Å². The molecule has 4 heterocycles. The van der Waals surface area contributed by atoms with Gasteiger partial charge in [0.15, 0.2) is 8.32 Å². The standard InChI is InChI=1S/C36H53N9O3Si/c1-34(2,3)48-33(46)45-23-36(7,24-47-49(10,11)35(4,5)6)27-19-25(18-26(20-37)31(27)45)28-12-13-38-32(40-28)41-29-21-39-43(9)30(29)22-44-16-14-42(8)15-17-44/h12-13,18-19,21H,14-17,22-24H2,1-11H3,(H,38,40,41)/t36-/m1/s1. The molecular weight excluding hydrogens is 635 g/mol. The summed E-state index contributed by atoms with van der Waals surface area (Å²) in [6.07, 6.45) is 3.04. The van der Waals surface area contributed by atoms with Gasteiger partial charge in [-0.05, 0) is 69.7 Å². The van der Waals surface area contributed by atoms with Crippen LogP contribution >= 0.6 is 0 Å². The van der Waals surface area contributed by atoms with Gasteiger partial charge in [0.05, 0.1) is 34.5 Å². The molecule has 1 amide bonds. The maximum Gasteiger partial charge on any atom is 0.414 e. The molecule has 264 valence electrons. The van der Waals surface area contributed by atoms with Crippen LogP contribution in [0.1, 0.15) is 65.3 Å². The van der Waals surface area contributed by atoms with Crippen molar-refractivity contribution in [1.29, 1.82) is 5.26 Å². The Kier molecular flexibility index (Phi) is 10.0. The number of carbonyl (C=O) groups is 1. The third-order valence-electron chi connectivity index (χ3n) is 10.1. The molecule has 49 heavy (non-hydrogen) atoms. The number of aromatic nitrogens is 4. The van der Waals surface area contributed by atoms with Crippen molar-refractivity contribution in [2.75, 3.05) is 56.6 Å². The Hall–Kier alpha value is -3.83. The first-order valence-electron chi connectivity index (χ1n) is 17.1. The van der Waals surface area contributed by atoms with Gasteiger partial charge in [-0.1, -0.05) is 27.7 Å². The summed E-state index contributed by atoms with van der Waals surface area (Å²) in [6.45, 7) is 24.3. The number of anilines is 3. The van der Waals surface area contributed by atoms with Crippen molar-refractivity contribution in [2.24, 2.45) is 7.05 Å². The summed E-state index contributed by atoms with van der Waals surface area (Å²) in [5.41, 5.74) is 3.85. The minimum Gasteiger partial charge on any atom is -0.443 e. The molecule has 0 aliphatic carbocycles. The Morgan fingerprint density at radius 1 is 1.10 bits per heavy atom. The summed E-state index contributed by atoms with van der Waals surface area (Å²) >= 11 is 0. The number of benzene rings is 1. The largest absolute Gasteiger partial charge is 0.443 e. The Labute approximate surface area is 292 Å². The van der Waals surface area contributed by atoms with E-state index in [2.05, 4.69) is 79.1 Å². The molecular formula is C36H53N9O3Si. The normalized spacial score (nSPS) is 19.1. The summed E-state index contributed by atoms with van der Waals surface area (Å²) < 4.78 is 14.5. The van der Waals surface area contributed by atoms with E-state index in [1.165, 1.54) is 0 Å². The van der Waals surface area contributed by atoms with Crippen molar-refractivity contribution in [2.45, 2.75) is 84.2 Å². The molecule has 3 aromatic rings. The number of ether oxygens (including phenoxy) is 1. The topological polar surface area (TPSA) is 125 Å². The van der Waals surface area contributed by atoms with Crippen molar-refractivity contribution >= 4 is 31.7 Å². The molecule has 0 unspecified atom stereocenters. The molecule has 13 heteroatoms. The number of fused-ring (bicyclic) bond motifs is 1. The lowest BCUT2D eigenvalue weighted by Gasteiger charge is -2.39. The smallest absolute Gasteiger partial charge is 0.414 e. The Morgan fingerprint density at radius 3 is 2.43 bits per heavy atom. The van der Waals surface area contributed by atoms with Gasteiger partial charge in [-0.15, -0.1) is 0 Å². The zero-order chi connectivity index (χ0) is 35.9. The molecule has 5 rings (SSSR count). The fourth-order valence-corrected chi connectivity index (χ4v) is 7.07. The molecule has 0 radical (unpaired) electrons. The van der Waals surface area contributed by atoms with E-state index in [0.717, 1.165) is 55.2 Å². The molecule has 1 N–H and O–H groups in total. The number of amides is 1. The highest BCUT2D eigenvalue weighted by Crippen LogP contribution is 2.47. The molecule has 1 saturated heterocycles. The highest BCUT2D eigenvalue weighted by molar-refractivity contribution is 6.74. The number of hydrogen-bond donors (Lipinski definition) is 1. The van der Waals surface area contributed by atoms with Gasteiger partial charge in [-0.2, -0.15) is 10.4 Å². The van der Waals surface area contributed by atoms with Crippen LogP contribution in [-0.4, -0.2) is 95.9 Å². The first-order chi connectivity index (χ1) is 22.8. The van der Waals surface area contributed by atoms with E-state index >= 15 is 0 Å². The van der Waals surface area contributed by atoms with Crippen molar-refractivity contribution in [1.82, 2.24) is 29.5 Å². The molecule has 2 aliphatic heterocycles. The van der Waals surface area contributed by atoms with Crippen LogP contribution in [-0.2, 0) is 28.2 Å². The zero-order valence-corrected chi connectivity index (χ0v) is 32.1. The van der Waals surface area contributed by atoms with Gasteiger partial charge in [0.25, 0.3) is 0 Å². The predicted octanol–water partition coefficient (Wildman–Crippen LogP) is 6.27. The van der Waals surface area contributed by atoms with E-state index in [4.69, 9.17) is 14.1 Å². The van der Waals surface area contributed by atoms with Gasteiger partial charge < -0.3 is 19.4 Å². The predicted molar refractivity (Wildman–Crippen MR) is 196 cm³/mol. The first-order valence-corrected chi connectivity index (χ1v) is 20.0. The lowest BCUT2D eigenvalue weighted by Crippen LogP contribution is -2.46. The van der Waals surface area contributed by atoms with E-state index in [1.54, 1.807) is 17.2 Å². The van der Waals surface area contributed by atoms with Crippen LogP contribution in [0.15, 0.2) is 30.6 Å². The van der Waals surface area contributed by atoms with E-state index < -0.39 is 25.4 Å². The number of hydrogen-bond acceptors (Lipinski definition) is 10. The van der Waals surface area contributed by atoms with Gasteiger partial charge in [0, 0.05) is 70.1 Å². The molecule has 0 spiro atoms. The highest BCUT2D eigenvalue weighted by Gasteiger charge is 2.47. The third-order valence-corrected chi connectivity index (χ3v) is 14.5. The summed E-state index contributed by atoms with van der Waals surface area (Å²) in [5, 5.41) is 18.4. The van der Waals surface area contributed by atoms with Crippen LogP contribution in [0.2, 0.25) is 18.1 Å². The van der Waals surface area contributed by atoms with Crippen molar-refractivity contribution in [3.05, 3.63) is 47.4 Å². The minimum absolute atomic E-state index is 0.0122. The van der Waals surface area contributed by atoms with E-state index in [1.807, 2.05) is 50.8 Å². The summed E-state index contributed by atoms with van der Waals surface area (Å²) in [5.74, 6) is 0.434. The maximum atomic E-state index is 13.6. The van der Waals surface area contributed by atoms with Gasteiger partial charge in [0.2, 0.25) is 5.95 Å². The fourth-order valence-electron chi connectivity index (χ4n) is 5.96. The van der Waals surface area contributed by atoms with Crippen LogP contribution in [0.3, 0.4) is 0 Å². The van der Waals surface area contributed by atoms with Gasteiger partial charge in [-0.3, -0.25) is 14.5 Å². The number of likely N-dealkylation sites (N-methyl/N-ethyl adjacent to an activating group) is 1. The number of carbonyl (C=O) groups excluding carboxylic acids is 1. The van der Waals surface area contributed by atoms with Gasteiger partial charge >= 0.3 is 6.09 Å². The monoisotopic (exact) mass is 687 g/mol. The highest BCUT2D eigenvalue weighted by atomic mass is 28.4. The van der Waals surface area contributed by atoms with Crippen LogP contribution in [0.4, 0.5) is 22.1 Å². The Morgan fingerprint density at radius 2 is 1.80 bits per heavy atom. The Balaban J connectivity index is 1.50. The third kappa shape index (κ3) is 7.99. The number of rotatable bonds is 8. The number of nitriles is 1. The SMILES string of the molecule is CN1CCN(Cc2c(Nc3nccc(-c4cc(C#N)c5c(c4)[C@@](C)(CO[Si](C)(C)C(C)(C)C)CN5C(=O)OC(C)(C)C)n3)cnn2C)CC1. The summed E-state index contributed by atoms with van der Waals surface area (Å²) in [4.78, 5) is 29.4. The molecule has 0 saturated carbocycles. The molecule has 2 aromatic heterocycles. The maximum absolute atomic E-state index is 13.6. The van der Waals surface area contributed by atoms with Crippen LogP contribution in [0.5, 0.6) is 0 Å². The average molecular weight is 688 g/mol. The second kappa shape index (κ2) is 13.5. The summed E-state index contributed by atoms with van der Waals surface area (Å²) in [6, 6.07) is 8.05. The molecule has 1 fully saturated rings. The molecule has 1 aromatic carbocycles. The minimum atomic E-state index is -2.13. The first kappa shape index (κ1) is 36.4. The van der Waals surface area contributed by atoms with Crippen molar-refractivity contribution in [3.8, 4) is 17.3 Å². The van der Waals surface area contributed by atoms with Gasteiger partial charge in [0.1, 0.15) is 11.7 Å². The average Bonchev–Trinajstić information content (AvgIpc) is 3.52. The van der Waals surface area contributed by atoms with Crippen LogP contribution in [0, 0.1) is 11.3 Å². The molecule has 0 bridgehead atoms. The second-order valence-electron chi connectivity index (χ2n) is 16.3. The number of nitrogens with zero attached hydrogens (tertiary/aromatic N) is 8. The lowest BCUT2D eigenvalue weighted by atomic mass is 9.83. The fraction of sp³-hybridized carbons (Fsp3) is 0.583. The van der Waals surface area contributed by atoms with Crippen molar-refractivity contribution < 1.29 is 14.0 Å². The van der Waals surface area contributed by atoms with Gasteiger partial charge in [-0.25, -0.2) is 14.8 Å². The second-order valence-corrected chi connectivity index (χ2v) is 21.1. The van der Waals surface area contributed by atoms with E-state index in [9.17, 15) is 10.1 Å². The van der Waals surface area contributed by atoms with E-state index in [-0.39, 0.29) is 5.04 Å². The van der Waals surface area contributed by atoms with Crippen LogP contribution < -0.4 is 10.2 Å². The molecule has 2 aliphatic rings. The molecule has 12 nitrogen and oxygen atoms in total. The number of nitrogens with one attached hydrogen (secondary N) is 1. The zero-order valence-electron chi connectivity index (χ0n) is 31.1. The Bertz CT molecular complexity index is 1730. The lowest BCUT2D eigenvalue weighted by molar-refractivity contribution is 0.0575. The summed E-state index contributed by atoms with van der Waals surface area (Å²) in [7, 11) is 1.97. The number of aryl methyl sites for hydroxylation is 1. The quantitative estimate of drug-likeness (QED) is 0.271. The van der Waals surface area contributed by atoms with E-state index in [0.29, 0.717) is 36.0 Å². The van der Waals surface area contributed by atoms with Crippen LogP contribution in [0.25, 0.3) is 11.3 Å². The number of piperazine rings is 1.